The monoisotopic (exact) mass is 291 g/mol. The lowest BCUT2D eigenvalue weighted by Gasteiger charge is -2.36. The molecule has 1 aromatic rings. The maximum Gasteiger partial charge on any atom is 0.309 e. The zero-order valence-corrected chi connectivity index (χ0v) is 12.8. The van der Waals surface area contributed by atoms with Crippen LogP contribution in [0.4, 0.5) is 0 Å². The molecule has 0 spiro atoms. The number of likely N-dealkylation sites (tertiary alicyclic amines) is 1. The van der Waals surface area contributed by atoms with Crippen molar-refractivity contribution in [2.24, 2.45) is 5.92 Å². The number of rotatable bonds is 9. The molecule has 1 heterocycles. The summed E-state index contributed by atoms with van der Waals surface area (Å²) in [4.78, 5) is 12.9. The zero-order valence-electron chi connectivity index (χ0n) is 12.8. The molecular weight excluding hydrogens is 266 g/mol. The van der Waals surface area contributed by atoms with Crippen molar-refractivity contribution in [1.82, 2.24) is 4.90 Å². The Morgan fingerprint density at radius 2 is 1.95 bits per heavy atom. The molecule has 0 atom stereocenters. The van der Waals surface area contributed by atoms with Crippen LogP contribution in [-0.2, 0) is 11.3 Å². The fourth-order valence-corrected chi connectivity index (χ4v) is 2.52. The van der Waals surface area contributed by atoms with Crippen molar-refractivity contribution < 1.29 is 14.6 Å². The van der Waals surface area contributed by atoms with Gasteiger partial charge in [0, 0.05) is 19.6 Å². The van der Waals surface area contributed by atoms with Crippen molar-refractivity contribution in [2.45, 2.75) is 39.2 Å². The van der Waals surface area contributed by atoms with Crippen LogP contribution in [0.3, 0.4) is 0 Å². The van der Waals surface area contributed by atoms with E-state index in [1.807, 2.05) is 12.1 Å². The van der Waals surface area contributed by atoms with E-state index in [0.717, 1.165) is 25.3 Å². The molecule has 0 aromatic heterocycles. The number of aliphatic carboxylic acids is 1. The normalized spacial score (nSPS) is 15.7. The second kappa shape index (κ2) is 8.03. The number of hydrogen-bond acceptors (Lipinski definition) is 3. The minimum atomic E-state index is -0.682. The van der Waals surface area contributed by atoms with Crippen LogP contribution >= 0.6 is 0 Å². The highest BCUT2D eigenvalue weighted by Gasteiger charge is 2.31. The highest BCUT2D eigenvalue weighted by molar-refractivity contribution is 5.71. The van der Waals surface area contributed by atoms with Crippen LogP contribution in [0.25, 0.3) is 0 Å². The SMILES string of the molecule is CCCCCCOc1ccc(CN2CC(C(=O)O)C2)cc1. The van der Waals surface area contributed by atoms with E-state index in [1.165, 1.54) is 24.8 Å². The third kappa shape index (κ3) is 5.05. The first-order valence-electron chi connectivity index (χ1n) is 7.86. The van der Waals surface area contributed by atoms with Crippen LogP contribution in [0.2, 0.25) is 0 Å². The summed E-state index contributed by atoms with van der Waals surface area (Å²) in [5.74, 6) is 0.0519. The van der Waals surface area contributed by atoms with Gasteiger partial charge in [-0.2, -0.15) is 0 Å². The predicted molar refractivity (Wildman–Crippen MR) is 82.5 cm³/mol. The molecule has 0 radical (unpaired) electrons. The van der Waals surface area contributed by atoms with Gasteiger partial charge in [0.15, 0.2) is 0 Å². The van der Waals surface area contributed by atoms with Gasteiger partial charge in [0.1, 0.15) is 5.75 Å². The molecule has 2 rings (SSSR count). The maximum absolute atomic E-state index is 10.7. The molecule has 4 nitrogen and oxygen atoms in total. The third-order valence-electron chi connectivity index (χ3n) is 3.90. The first-order chi connectivity index (χ1) is 10.2. The lowest BCUT2D eigenvalue weighted by Crippen LogP contribution is -2.49. The van der Waals surface area contributed by atoms with Gasteiger partial charge >= 0.3 is 5.97 Å². The van der Waals surface area contributed by atoms with Gasteiger partial charge < -0.3 is 9.84 Å². The van der Waals surface area contributed by atoms with Gasteiger partial charge in [-0.15, -0.1) is 0 Å². The van der Waals surface area contributed by atoms with E-state index in [4.69, 9.17) is 9.84 Å². The van der Waals surface area contributed by atoms with Gasteiger partial charge in [0.05, 0.1) is 12.5 Å². The fourth-order valence-electron chi connectivity index (χ4n) is 2.52. The first kappa shape index (κ1) is 15.8. The van der Waals surface area contributed by atoms with Crippen LogP contribution in [0.15, 0.2) is 24.3 Å². The highest BCUT2D eigenvalue weighted by atomic mass is 16.5. The minimum absolute atomic E-state index is 0.185. The lowest BCUT2D eigenvalue weighted by molar-refractivity contribution is -0.147. The van der Waals surface area contributed by atoms with E-state index in [0.29, 0.717) is 13.1 Å². The molecule has 0 aliphatic carbocycles. The Balaban J connectivity index is 1.66. The predicted octanol–water partition coefficient (Wildman–Crippen LogP) is 3.16. The Kier molecular flexibility index (Phi) is 6.05. The van der Waals surface area contributed by atoms with Crippen LogP contribution in [-0.4, -0.2) is 35.7 Å². The topological polar surface area (TPSA) is 49.8 Å². The molecule has 1 aliphatic heterocycles. The second-order valence-corrected chi connectivity index (χ2v) is 5.78. The molecule has 1 aliphatic rings. The van der Waals surface area contributed by atoms with Crippen LogP contribution in [0.1, 0.15) is 38.2 Å². The second-order valence-electron chi connectivity index (χ2n) is 5.78. The van der Waals surface area contributed by atoms with Gasteiger partial charge in [0.2, 0.25) is 0 Å². The third-order valence-corrected chi connectivity index (χ3v) is 3.90. The van der Waals surface area contributed by atoms with Crippen LogP contribution in [0.5, 0.6) is 5.75 Å². The molecule has 0 amide bonds. The summed E-state index contributed by atoms with van der Waals surface area (Å²) >= 11 is 0. The van der Waals surface area contributed by atoms with E-state index in [9.17, 15) is 4.79 Å². The molecule has 1 aromatic carbocycles. The molecule has 0 bridgehead atoms. The van der Waals surface area contributed by atoms with Gasteiger partial charge in [0.25, 0.3) is 0 Å². The molecule has 0 saturated carbocycles. The van der Waals surface area contributed by atoms with Crippen molar-refractivity contribution >= 4 is 5.97 Å². The summed E-state index contributed by atoms with van der Waals surface area (Å²) in [6, 6.07) is 8.14. The van der Waals surface area contributed by atoms with E-state index in [1.54, 1.807) is 0 Å². The van der Waals surface area contributed by atoms with E-state index >= 15 is 0 Å². The number of benzene rings is 1. The number of carboxylic acids is 1. The first-order valence-corrected chi connectivity index (χ1v) is 7.86. The van der Waals surface area contributed by atoms with E-state index in [2.05, 4.69) is 24.0 Å². The van der Waals surface area contributed by atoms with Crippen molar-refractivity contribution in [2.75, 3.05) is 19.7 Å². The average Bonchev–Trinajstić information content (AvgIpc) is 2.43. The largest absolute Gasteiger partial charge is 0.494 e. The summed E-state index contributed by atoms with van der Waals surface area (Å²) in [5.41, 5.74) is 1.21. The number of ether oxygens (including phenoxy) is 1. The number of nitrogens with zero attached hydrogens (tertiary/aromatic N) is 1. The van der Waals surface area contributed by atoms with Crippen molar-refractivity contribution in [3.63, 3.8) is 0 Å². The van der Waals surface area contributed by atoms with Gasteiger partial charge in [-0.25, -0.2) is 0 Å². The smallest absolute Gasteiger partial charge is 0.309 e. The lowest BCUT2D eigenvalue weighted by atomic mass is 10.00. The van der Waals surface area contributed by atoms with E-state index in [-0.39, 0.29) is 5.92 Å². The molecular formula is C17H25NO3. The van der Waals surface area contributed by atoms with Crippen molar-refractivity contribution in [1.29, 1.82) is 0 Å². The Morgan fingerprint density at radius 3 is 2.57 bits per heavy atom. The number of carboxylic acid groups (broad SMARTS) is 1. The minimum Gasteiger partial charge on any atom is -0.494 e. The zero-order chi connectivity index (χ0) is 15.1. The van der Waals surface area contributed by atoms with Crippen molar-refractivity contribution in [3.8, 4) is 5.75 Å². The summed E-state index contributed by atoms with van der Waals surface area (Å²) < 4.78 is 5.71. The molecule has 116 valence electrons. The summed E-state index contributed by atoms with van der Waals surface area (Å²) in [5, 5.41) is 8.85. The average molecular weight is 291 g/mol. The molecule has 1 saturated heterocycles. The summed E-state index contributed by atoms with van der Waals surface area (Å²) in [6.07, 6.45) is 4.86. The fraction of sp³-hybridized carbons (Fsp3) is 0.588. The Morgan fingerprint density at radius 1 is 1.24 bits per heavy atom. The van der Waals surface area contributed by atoms with Crippen LogP contribution < -0.4 is 4.74 Å². The number of unbranched alkanes of at least 4 members (excludes halogenated alkanes) is 3. The highest BCUT2D eigenvalue weighted by Crippen LogP contribution is 2.20. The Bertz CT molecular complexity index is 438. The number of carbonyl (C=O) groups is 1. The molecule has 0 unspecified atom stereocenters. The van der Waals surface area contributed by atoms with Gasteiger partial charge in [-0.1, -0.05) is 38.3 Å². The van der Waals surface area contributed by atoms with E-state index < -0.39 is 5.97 Å². The quantitative estimate of drug-likeness (QED) is 0.710. The van der Waals surface area contributed by atoms with Gasteiger partial charge in [-0.3, -0.25) is 9.69 Å². The summed E-state index contributed by atoms with van der Waals surface area (Å²) in [6.45, 7) is 5.12. The summed E-state index contributed by atoms with van der Waals surface area (Å²) in [7, 11) is 0. The molecule has 21 heavy (non-hydrogen) atoms. The number of hydrogen-bond donors (Lipinski definition) is 1. The molecule has 4 heteroatoms. The van der Waals surface area contributed by atoms with Crippen molar-refractivity contribution in [3.05, 3.63) is 29.8 Å². The Labute approximate surface area is 126 Å². The van der Waals surface area contributed by atoms with Gasteiger partial charge in [-0.05, 0) is 24.1 Å². The standard InChI is InChI=1S/C17H25NO3/c1-2-3-4-5-10-21-16-8-6-14(7-9-16)11-18-12-15(13-18)17(19)20/h6-9,15H,2-5,10-13H2,1H3,(H,19,20). The maximum atomic E-state index is 10.7. The molecule has 1 fully saturated rings. The van der Waals surface area contributed by atoms with Crippen LogP contribution in [0, 0.1) is 5.92 Å². The molecule has 1 N–H and O–H groups in total. The Hall–Kier alpha value is -1.55.